The van der Waals surface area contributed by atoms with Crippen molar-refractivity contribution >= 4 is 7.85 Å². The Kier molecular flexibility index (Phi) is 4.35. The minimum atomic E-state index is 0.117. The molecule has 1 rings (SSSR count). The van der Waals surface area contributed by atoms with E-state index < -0.39 is 0 Å². The Labute approximate surface area is 84.9 Å². The van der Waals surface area contributed by atoms with Gasteiger partial charge in [0.05, 0.1) is 7.85 Å². The highest BCUT2D eigenvalue weighted by molar-refractivity contribution is 6.14. The molecule has 2 radical (unpaired) electrons. The largest absolute Gasteiger partial charge is 0.0742 e. The molecule has 1 aliphatic carbocycles. The third-order valence-electron chi connectivity index (χ3n) is 3.40. The van der Waals surface area contributed by atoms with Crippen LogP contribution in [0, 0.1) is 5.92 Å². The molecular formula is C12H23B. The Morgan fingerprint density at radius 3 is 2.46 bits per heavy atom. The average Bonchev–Trinajstić information content (AvgIpc) is 2.07. The zero-order valence-electron chi connectivity index (χ0n) is 9.31. The first-order valence-corrected chi connectivity index (χ1v) is 5.89. The highest BCUT2D eigenvalue weighted by atomic mass is 14.2. The molecule has 74 valence electrons. The molecule has 0 aromatic heterocycles. The molecule has 0 saturated heterocycles. The first kappa shape index (κ1) is 11.1. The summed E-state index contributed by atoms with van der Waals surface area (Å²) in [5.74, 6) is 0.890. The molecule has 1 heteroatoms. The molecule has 0 aromatic rings. The van der Waals surface area contributed by atoms with Gasteiger partial charge in [-0.2, -0.15) is 0 Å². The maximum absolute atomic E-state index is 6.23. The molecule has 1 aliphatic rings. The van der Waals surface area contributed by atoms with Crippen LogP contribution in [0.3, 0.4) is 0 Å². The molecule has 0 heterocycles. The van der Waals surface area contributed by atoms with Crippen LogP contribution in [0.15, 0.2) is 0 Å². The minimum Gasteiger partial charge on any atom is -0.0688 e. The second-order valence-corrected chi connectivity index (χ2v) is 5.25. The summed E-state index contributed by atoms with van der Waals surface area (Å²) in [4.78, 5) is 0. The molecule has 0 bridgehead atoms. The van der Waals surface area contributed by atoms with E-state index in [4.69, 9.17) is 7.85 Å². The fourth-order valence-electron chi connectivity index (χ4n) is 2.22. The lowest BCUT2D eigenvalue weighted by molar-refractivity contribution is 0.370. The Balaban J connectivity index is 2.37. The van der Waals surface area contributed by atoms with Gasteiger partial charge in [-0.3, -0.25) is 0 Å². The van der Waals surface area contributed by atoms with E-state index in [1.54, 1.807) is 0 Å². The van der Waals surface area contributed by atoms with E-state index in [0.717, 1.165) is 5.92 Å². The van der Waals surface area contributed by atoms with Crippen molar-refractivity contribution in [2.24, 2.45) is 5.92 Å². The van der Waals surface area contributed by atoms with E-state index >= 15 is 0 Å². The molecule has 13 heavy (non-hydrogen) atoms. The van der Waals surface area contributed by atoms with Gasteiger partial charge in [0.15, 0.2) is 0 Å². The molecule has 0 spiro atoms. The number of rotatable bonds is 0. The van der Waals surface area contributed by atoms with E-state index in [1.165, 1.54) is 51.4 Å². The van der Waals surface area contributed by atoms with Crippen LogP contribution < -0.4 is 0 Å². The third-order valence-corrected chi connectivity index (χ3v) is 3.40. The summed E-state index contributed by atoms with van der Waals surface area (Å²) in [5, 5.41) is 0.117. The molecule has 2 unspecified atom stereocenters. The summed E-state index contributed by atoms with van der Waals surface area (Å²) < 4.78 is 0. The quantitative estimate of drug-likeness (QED) is 0.490. The van der Waals surface area contributed by atoms with E-state index in [0.29, 0.717) is 0 Å². The van der Waals surface area contributed by atoms with E-state index in [-0.39, 0.29) is 5.31 Å². The maximum Gasteiger partial charge on any atom is 0.0742 e. The van der Waals surface area contributed by atoms with Crippen molar-refractivity contribution in [2.75, 3.05) is 0 Å². The van der Waals surface area contributed by atoms with Crippen LogP contribution in [-0.4, -0.2) is 7.85 Å². The highest BCUT2D eigenvalue weighted by Gasteiger charge is 2.18. The smallest absolute Gasteiger partial charge is 0.0688 e. The Morgan fingerprint density at radius 2 is 1.69 bits per heavy atom. The van der Waals surface area contributed by atoms with Crippen molar-refractivity contribution in [2.45, 2.75) is 70.5 Å². The zero-order valence-corrected chi connectivity index (χ0v) is 9.31. The lowest BCUT2D eigenvalue weighted by Crippen LogP contribution is -2.11. The average molecular weight is 178 g/mol. The van der Waals surface area contributed by atoms with Crippen molar-refractivity contribution in [3.63, 3.8) is 0 Å². The zero-order chi connectivity index (χ0) is 9.73. The molecule has 0 amide bonds. The van der Waals surface area contributed by atoms with Crippen molar-refractivity contribution in [1.29, 1.82) is 0 Å². The van der Waals surface area contributed by atoms with Gasteiger partial charge in [0.2, 0.25) is 0 Å². The summed E-state index contributed by atoms with van der Waals surface area (Å²) >= 11 is 0. The van der Waals surface area contributed by atoms with Gasteiger partial charge in [-0.05, 0) is 5.92 Å². The summed E-state index contributed by atoms with van der Waals surface area (Å²) in [6, 6.07) is 0. The van der Waals surface area contributed by atoms with Crippen molar-refractivity contribution in [3.8, 4) is 0 Å². The van der Waals surface area contributed by atoms with Crippen LogP contribution in [-0.2, 0) is 0 Å². The number of hydrogen-bond acceptors (Lipinski definition) is 0. The molecule has 0 aromatic carbocycles. The summed E-state index contributed by atoms with van der Waals surface area (Å²) in [6.45, 7) is 4.60. The van der Waals surface area contributed by atoms with Gasteiger partial charge in [-0.25, -0.2) is 0 Å². The van der Waals surface area contributed by atoms with Crippen LogP contribution >= 0.6 is 0 Å². The van der Waals surface area contributed by atoms with E-state index in [9.17, 15) is 0 Å². The van der Waals surface area contributed by atoms with Gasteiger partial charge in [-0.1, -0.05) is 70.5 Å². The minimum absolute atomic E-state index is 0.117. The van der Waals surface area contributed by atoms with Crippen LogP contribution in [0.25, 0.3) is 0 Å². The van der Waals surface area contributed by atoms with Crippen molar-refractivity contribution in [1.82, 2.24) is 0 Å². The first-order valence-electron chi connectivity index (χ1n) is 5.89. The van der Waals surface area contributed by atoms with E-state index in [1.807, 2.05) is 0 Å². The van der Waals surface area contributed by atoms with Crippen LogP contribution in [0.2, 0.25) is 5.31 Å². The predicted octanol–water partition coefficient (Wildman–Crippen LogP) is 4.10. The topological polar surface area (TPSA) is 0 Å². The van der Waals surface area contributed by atoms with Crippen LogP contribution in [0.5, 0.6) is 0 Å². The van der Waals surface area contributed by atoms with Gasteiger partial charge in [-0.15, -0.1) is 0 Å². The van der Waals surface area contributed by atoms with Gasteiger partial charge in [0.1, 0.15) is 0 Å². The number of hydrogen-bond donors (Lipinski definition) is 0. The molecule has 0 nitrogen and oxygen atoms in total. The maximum atomic E-state index is 6.23. The molecule has 1 saturated carbocycles. The fourth-order valence-corrected chi connectivity index (χ4v) is 2.22. The third kappa shape index (κ3) is 4.74. The van der Waals surface area contributed by atoms with Gasteiger partial charge >= 0.3 is 0 Å². The standard InChI is InChI=1S/C12H23B/c1-11-7-5-3-4-6-9-12(2,13)10-8-11/h11H,3-10H2,1-2H3. The molecule has 1 fully saturated rings. The van der Waals surface area contributed by atoms with Gasteiger partial charge < -0.3 is 0 Å². The summed E-state index contributed by atoms with van der Waals surface area (Å²) in [5.41, 5.74) is 0. The summed E-state index contributed by atoms with van der Waals surface area (Å²) in [7, 11) is 6.23. The second-order valence-electron chi connectivity index (χ2n) is 5.25. The van der Waals surface area contributed by atoms with Crippen LogP contribution in [0.1, 0.15) is 65.2 Å². The highest BCUT2D eigenvalue weighted by Crippen LogP contribution is 2.36. The van der Waals surface area contributed by atoms with Crippen molar-refractivity contribution in [3.05, 3.63) is 0 Å². The van der Waals surface area contributed by atoms with Crippen molar-refractivity contribution < 1.29 is 0 Å². The van der Waals surface area contributed by atoms with Gasteiger partial charge in [0.25, 0.3) is 0 Å². The van der Waals surface area contributed by atoms with Gasteiger partial charge in [0, 0.05) is 0 Å². The molecule has 0 N–H and O–H groups in total. The fraction of sp³-hybridized carbons (Fsp3) is 1.00. The Bertz CT molecular complexity index is 140. The Hall–Kier alpha value is 0.0649. The van der Waals surface area contributed by atoms with Crippen LogP contribution in [0.4, 0.5) is 0 Å². The molecule has 0 aliphatic heterocycles. The van der Waals surface area contributed by atoms with E-state index in [2.05, 4.69) is 13.8 Å². The lowest BCUT2D eigenvalue weighted by Gasteiger charge is -2.28. The SMILES string of the molecule is [B]C1(C)CCCCCCC(C)CC1. The molecular weight excluding hydrogens is 155 g/mol. The normalized spacial score (nSPS) is 38.5. The monoisotopic (exact) mass is 178 g/mol. The second kappa shape index (κ2) is 5.07. The Morgan fingerprint density at radius 1 is 1.00 bits per heavy atom. The summed E-state index contributed by atoms with van der Waals surface area (Å²) in [6.07, 6.45) is 10.8. The predicted molar refractivity (Wildman–Crippen MR) is 60.2 cm³/mol. The lowest BCUT2D eigenvalue weighted by atomic mass is 9.63. The molecule has 2 atom stereocenters. The first-order chi connectivity index (χ1) is 6.10.